The van der Waals surface area contributed by atoms with Gasteiger partial charge < -0.3 is 9.90 Å². The maximum Gasteiger partial charge on any atom is 0.0859 e. The van der Waals surface area contributed by atoms with E-state index in [4.69, 9.17) is 0 Å². The second-order valence-corrected chi connectivity index (χ2v) is 3.89. The molecule has 5 nitrogen and oxygen atoms in total. The lowest BCUT2D eigenvalue weighted by Crippen LogP contribution is -2.21. The Morgan fingerprint density at radius 1 is 1.21 bits per heavy atom. The van der Waals surface area contributed by atoms with E-state index in [2.05, 4.69) is 15.5 Å². The lowest BCUT2D eigenvalue weighted by atomic mass is 10.2. The van der Waals surface area contributed by atoms with Crippen molar-refractivity contribution in [1.29, 1.82) is 0 Å². The molecule has 2 rings (SSSR count). The number of aromatic nitrogens is 1. The van der Waals surface area contributed by atoms with E-state index in [1.807, 2.05) is 25.1 Å². The van der Waals surface area contributed by atoms with Crippen LogP contribution in [-0.2, 0) is 0 Å². The first-order valence-corrected chi connectivity index (χ1v) is 5.70. The second kappa shape index (κ2) is 5.77. The minimum atomic E-state index is -1.19. The predicted molar refractivity (Wildman–Crippen MR) is 70.8 cm³/mol. The quantitative estimate of drug-likeness (QED) is 0.658. The first-order valence-electron chi connectivity index (χ1n) is 5.70. The molecule has 0 atom stereocenters. The summed E-state index contributed by atoms with van der Waals surface area (Å²) in [7, 11) is 0. The van der Waals surface area contributed by atoms with Crippen molar-refractivity contribution in [3.63, 3.8) is 0 Å². The first kappa shape index (κ1) is 12.8. The summed E-state index contributed by atoms with van der Waals surface area (Å²) < 4.78 is 0. The molecule has 0 aliphatic heterocycles. The van der Waals surface area contributed by atoms with Gasteiger partial charge in [-0.1, -0.05) is 18.2 Å². The molecule has 2 aromatic rings. The molecule has 0 aliphatic carbocycles. The fraction of sp³-hybridized carbons (Fsp3) is 0.0714. The van der Waals surface area contributed by atoms with Gasteiger partial charge in [0.25, 0.3) is 0 Å². The van der Waals surface area contributed by atoms with Gasteiger partial charge in [0, 0.05) is 6.20 Å². The molecule has 0 bridgehead atoms. The Bertz CT molecular complexity index is 592. The lowest BCUT2D eigenvalue weighted by molar-refractivity contribution is -0.255. The zero-order valence-corrected chi connectivity index (χ0v) is 10.3. The number of rotatable bonds is 4. The van der Waals surface area contributed by atoms with E-state index in [1.165, 1.54) is 12.1 Å². The van der Waals surface area contributed by atoms with Crippen LogP contribution in [0.4, 0.5) is 5.69 Å². The van der Waals surface area contributed by atoms with Gasteiger partial charge in [-0.05, 0) is 36.8 Å². The molecular weight excluding hydrogens is 242 g/mol. The van der Waals surface area contributed by atoms with Crippen LogP contribution in [0.15, 0.2) is 53.8 Å². The van der Waals surface area contributed by atoms with Crippen LogP contribution in [0, 0.1) is 0 Å². The van der Waals surface area contributed by atoms with Crippen molar-refractivity contribution >= 4 is 17.4 Å². The molecule has 1 aromatic heterocycles. The van der Waals surface area contributed by atoms with Crippen molar-refractivity contribution in [1.82, 2.24) is 4.98 Å². The average molecular weight is 254 g/mol. The van der Waals surface area contributed by atoms with Crippen LogP contribution < -0.4 is 10.5 Å². The zero-order chi connectivity index (χ0) is 13.7. The molecule has 1 heterocycles. The summed E-state index contributed by atoms with van der Waals surface area (Å²) in [5.41, 5.74) is 5.19. The van der Waals surface area contributed by atoms with Gasteiger partial charge in [0.2, 0.25) is 0 Å². The third-order valence-electron chi connectivity index (χ3n) is 2.51. The molecule has 0 fully saturated rings. The molecule has 0 radical (unpaired) electrons. The number of carbonyl (C=O) groups is 1. The summed E-state index contributed by atoms with van der Waals surface area (Å²) in [6.07, 6.45) is 1.70. The number of hydrogen-bond acceptors (Lipinski definition) is 5. The molecule has 0 saturated heterocycles. The van der Waals surface area contributed by atoms with Gasteiger partial charge in [-0.2, -0.15) is 5.10 Å². The summed E-state index contributed by atoms with van der Waals surface area (Å²) in [5, 5.41) is 14.8. The lowest BCUT2D eigenvalue weighted by Gasteiger charge is -2.05. The minimum absolute atomic E-state index is 0.135. The number of aromatic carboxylic acids is 1. The third kappa shape index (κ3) is 3.38. The molecule has 5 heteroatoms. The molecule has 1 N–H and O–H groups in total. The van der Waals surface area contributed by atoms with Crippen molar-refractivity contribution in [2.24, 2.45) is 5.10 Å². The summed E-state index contributed by atoms with van der Waals surface area (Å²) in [5.74, 6) is -1.19. The van der Waals surface area contributed by atoms with Crippen LogP contribution in [0.1, 0.15) is 23.0 Å². The Kier molecular flexibility index (Phi) is 3.87. The van der Waals surface area contributed by atoms with Crippen molar-refractivity contribution in [3.8, 4) is 0 Å². The largest absolute Gasteiger partial charge is 0.545 e. The topological polar surface area (TPSA) is 77.4 Å². The highest BCUT2D eigenvalue weighted by Crippen LogP contribution is 2.09. The Morgan fingerprint density at radius 2 is 1.95 bits per heavy atom. The Hall–Kier alpha value is -2.69. The number of hydrogen-bond donors (Lipinski definition) is 1. The fourth-order valence-electron chi connectivity index (χ4n) is 1.46. The highest BCUT2D eigenvalue weighted by Gasteiger charge is 1.98. The number of carbonyl (C=O) groups excluding carboxylic acids is 1. The van der Waals surface area contributed by atoms with E-state index in [0.717, 1.165) is 11.4 Å². The van der Waals surface area contributed by atoms with Gasteiger partial charge in [0.15, 0.2) is 0 Å². The molecule has 0 spiro atoms. The van der Waals surface area contributed by atoms with Crippen LogP contribution in [0.3, 0.4) is 0 Å². The normalized spacial score (nSPS) is 11.1. The number of anilines is 1. The van der Waals surface area contributed by atoms with E-state index < -0.39 is 5.97 Å². The molecule has 0 unspecified atom stereocenters. The molecule has 0 amide bonds. The van der Waals surface area contributed by atoms with Gasteiger partial charge in [-0.15, -0.1) is 0 Å². The molecule has 19 heavy (non-hydrogen) atoms. The fourth-order valence-corrected chi connectivity index (χ4v) is 1.46. The minimum Gasteiger partial charge on any atom is -0.545 e. The predicted octanol–water partition coefficient (Wildman–Crippen LogP) is 1.28. The standard InChI is InChI=1S/C14H13N3O2/c1-10(13-4-2-3-9-15-13)16-17-12-7-5-11(6-8-12)14(18)19/h2-9,17H,1H3,(H,18,19)/p-1. The van der Waals surface area contributed by atoms with Crippen molar-refractivity contribution in [3.05, 3.63) is 59.9 Å². The number of benzene rings is 1. The molecular formula is C14H12N3O2-. The van der Waals surface area contributed by atoms with Crippen LogP contribution in [0.5, 0.6) is 0 Å². The SMILES string of the molecule is CC(=NNc1ccc(C(=O)[O-])cc1)c1ccccn1. The van der Waals surface area contributed by atoms with E-state index in [1.54, 1.807) is 18.3 Å². The molecule has 0 saturated carbocycles. The van der Waals surface area contributed by atoms with Crippen molar-refractivity contribution < 1.29 is 9.90 Å². The van der Waals surface area contributed by atoms with E-state index >= 15 is 0 Å². The van der Waals surface area contributed by atoms with Gasteiger partial charge in [0.1, 0.15) is 0 Å². The van der Waals surface area contributed by atoms with Crippen LogP contribution in [-0.4, -0.2) is 16.7 Å². The smallest absolute Gasteiger partial charge is 0.0859 e. The summed E-state index contributed by atoms with van der Waals surface area (Å²) in [4.78, 5) is 14.8. The summed E-state index contributed by atoms with van der Waals surface area (Å²) in [6, 6.07) is 11.8. The van der Waals surface area contributed by atoms with Crippen LogP contribution in [0.2, 0.25) is 0 Å². The first-order chi connectivity index (χ1) is 9.16. The number of carboxylic acids is 1. The molecule has 96 valence electrons. The Labute approximate surface area is 110 Å². The molecule has 1 aromatic carbocycles. The van der Waals surface area contributed by atoms with Crippen LogP contribution in [0.25, 0.3) is 0 Å². The van der Waals surface area contributed by atoms with Gasteiger partial charge in [-0.3, -0.25) is 10.4 Å². The Balaban J connectivity index is 2.08. The maximum absolute atomic E-state index is 10.6. The number of nitrogens with one attached hydrogen (secondary N) is 1. The number of pyridine rings is 1. The van der Waals surface area contributed by atoms with E-state index in [0.29, 0.717) is 5.69 Å². The monoisotopic (exact) mass is 254 g/mol. The van der Waals surface area contributed by atoms with Gasteiger partial charge in [0.05, 0.1) is 23.1 Å². The van der Waals surface area contributed by atoms with Crippen LogP contribution >= 0.6 is 0 Å². The van der Waals surface area contributed by atoms with Crippen molar-refractivity contribution in [2.75, 3.05) is 5.43 Å². The average Bonchev–Trinajstić information content (AvgIpc) is 2.46. The highest BCUT2D eigenvalue weighted by atomic mass is 16.4. The van der Waals surface area contributed by atoms with E-state index in [9.17, 15) is 9.90 Å². The maximum atomic E-state index is 10.6. The summed E-state index contributed by atoms with van der Waals surface area (Å²) >= 11 is 0. The second-order valence-electron chi connectivity index (χ2n) is 3.89. The van der Waals surface area contributed by atoms with Gasteiger partial charge in [-0.25, -0.2) is 0 Å². The number of hydrazone groups is 1. The number of carboxylic acid groups (broad SMARTS) is 1. The molecule has 0 aliphatic rings. The number of nitrogens with zero attached hydrogens (tertiary/aromatic N) is 2. The highest BCUT2D eigenvalue weighted by molar-refractivity contribution is 5.97. The van der Waals surface area contributed by atoms with Crippen molar-refractivity contribution in [2.45, 2.75) is 6.92 Å². The van der Waals surface area contributed by atoms with Gasteiger partial charge >= 0.3 is 0 Å². The van der Waals surface area contributed by atoms with E-state index in [-0.39, 0.29) is 5.56 Å². The zero-order valence-electron chi connectivity index (χ0n) is 10.3. The Morgan fingerprint density at radius 3 is 2.53 bits per heavy atom. The third-order valence-corrected chi connectivity index (χ3v) is 2.51. The summed E-state index contributed by atoms with van der Waals surface area (Å²) in [6.45, 7) is 1.84.